The molecule has 3 aromatic rings. The number of amides is 2. The lowest BCUT2D eigenvalue weighted by Crippen LogP contribution is -2.48. The van der Waals surface area contributed by atoms with Gasteiger partial charge in [-0.15, -0.1) is 10.2 Å². The number of tetrazole rings is 1. The van der Waals surface area contributed by atoms with Crippen LogP contribution < -0.4 is 10.6 Å². The smallest absolute Gasteiger partial charge is 0.350 e. The second-order valence-corrected chi connectivity index (χ2v) is 10.4. The molecule has 1 aliphatic rings. The number of carbonyl (C=O) groups excluding carboxylic acids is 3. The molecule has 2 N–H and O–H groups in total. The monoisotopic (exact) mass is 497 g/mol. The standard InChI is InChI=1S/C23H27N7O4S/c1-12-17(21(33)34-23(2,3)4)35-22(24-12)26-20(32)15-10-16(11-15)25-19(31)14-8-6-7-13(9-14)18-27-29-30(5)28-18/h6-9,15-16H,10-11H2,1-5H3,(H,25,31)(H,24,26,32)/t15-,16+. The Bertz CT molecular complexity index is 1270. The van der Waals surface area contributed by atoms with Crippen molar-refractivity contribution >= 4 is 34.3 Å². The van der Waals surface area contributed by atoms with Crippen molar-refractivity contribution in [1.29, 1.82) is 0 Å². The van der Waals surface area contributed by atoms with Gasteiger partial charge in [-0.2, -0.15) is 4.80 Å². The molecule has 12 heteroatoms. The van der Waals surface area contributed by atoms with Crippen LogP contribution in [0.1, 0.15) is 59.3 Å². The largest absolute Gasteiger partial charge is 0.456 e. The zero-order valence-corrected chi connectivity index (χ0v) is 21.0. The molecule has 1 aromatic carbocycles. The summed E-state index contributed by atoms with van der Waals surface area (Å²) in [4.78, 5) is 43.6. The van der Waals surface area contributed by atoms with Crippen LogP contribution in [0.4, 0.5) is 5.13 Å². The molecule has 35 heavy (non-hydrogen) atoms. The molecule has 0 spiro atoms. The summed E-state index contributed by atoms with van der Waals surface area (Å²) in [5, 5.41) is 18.0. The second-order valence-electron chi connectivity index (χ2n) is 9.45. The third-order valence-corrected chi connectivity index (χ3v) is 6.40. The van der Waals surface area contributed by atoms with Gasteiger partial charge in [0.25, 0.3) is 5.91 Å². The number of thiazole rings is 1. The third kappa shape index (κ3) is 5.88. The fourth-order valence-electron chi connectivity index (χ4n) is 3.59. The highest BCUT2D eigenvalue weighted by Crippen LogP contribution is 2.31. The van der Waals surface area contributed by atoms with Crippen LogP contribution in [0.3, 0.4) is 0 Å². The van der Waals surface area contributed by atoms with Gasteiger partial charge >= 0.3 is 5.97 Å². The van der Waals surface area contributed by atoms with E-state index in [0.29, 0.717) is 45.5 Å². The van der Waals surface area contributed by atoms with E-state index < -0.39 is 11.6 Å². The van der Waals surface area contributed by atoms with E-state index in [1.165, 1.54) is 4.80 Å². The average Bonchev–Trinajstić information content (AvgIpc) is 3.34. The Hall–Kier alpha value is -3.67. The fraction of sp³-hybridized carbons (Fsp3) is 0.435. The summed E-state index contributed by atoms with van der Waals surface area (Å²) in [5.41, 5.74) is 1.07. The van der Waals surface area contributed by atoms with E-state index >= 15 is 0 Å². The number of ether oxygens (including phenoxy) is 1. The fourth-order valence-corrected chi connectivity index (χ4v) is 4.43. The summed E-state index contributed by atoms with van der Waals surface area (Å²) in [6.45, 7) is 7.08. The molecule has 0 atom stereocenters. The number of rotatable bonds is 6. The maximum atomic E-state index is 12.7. The minimum Gasteiger partial charge on any atom is -0.456 e. The van der Waals surface area contributed by atoms with Gasteiger partial charge in [0.1, 0.15) is 10.5 Å². The molecule has 0 aliphatic heterocycles. The number of carbonyl (C=O) groups is 3. The maximum absolute atomic E-state index is 12.7. The van der Waals surface area contributed by atoms with E-state index in [-0.39, 0.29) is 23.8 Å². The normalized spacial score (nSPS) is 17.4. The van der Waals surface area contributed by atoms with Gasteiger partial charge in [0, 0.05) is 23.1 Å². The van der Waals surface area contributed by atoms with Gasteiger partial charge in [-0.05, 0) is 57.9 Å². The third-order valence-electron chi connectivity index (χ3n) is 5.35. The van der Waals surface area contributed by atoms with Crippen molar-refractivity contribution in [3.05, 3.63) is 40.4 Å². The first-order valence-electron chi connectivity index (χ1n) is 11.2. The van der Waals surface area contributed by atoms with Crippen LogP contribution in [-0.4, -0.2) is 54.6 Å². The summed E-state index contributed by atoms with van der Waals surface area (Å²) in [5.74, 6) is -0.675. The molecule has 0 unspecified atom stereocenters. The van der Waals surface area contributed by atoms with E-state index in [1.54, 1.807) is 52.9 Å². The van der Waals surface area contributed by atoms with Crippen molar-refractivity contribution in [2.75, 3.05) is 5.32 Å². The Morgan fingerprint density at radius 3 is 2.60 bits per heavy atom. The molecule has 1 saturated carbocycles. The number of nitrogens with zero attached hydrogens (tertiary/aromatic N) is 5. The van der Waals surface area contributed by atoms with Crippen LogP contribution in [0.25, 0.3) is 11.4 Å². The predicted octanol–water partition coefficient (Wildman–Crippen LogP) is 2.74. The van der Waals surface area contributed by atoms with Crippen LogP contribution in [-0.2, 0) is 16.6 Å². The lowest BCUT2D eigenvalue weighted by atomic mass is 9.79. The number of nitrogens with one attached hydrogen (secondary N) is 2. The lowest BCUT2D eigenvalue weighted by molar-refractivity contribution is -0.122. The summed E-state index contributed by atoms with van der Waals surface area (Å²) in [7, 11) is 1.67. The Balaban J connectivity index is 1.29. The zero-order valence-electron chi connectivity index (χ0n) is 20.2. The Morgan fingerprint density at radius 2 is 1.94 bits per heavy atom. The molecule has 2 heterocycles. The SMILES string of the molecule is Cc1nc(NC(=O)[C@H]2C[C@@H](NC(=O)c3cccc(-c4nnn(C)n4)c3)C2)sc1C(=O)OC(C)(C)C. The molecule has 0 bridgehead atoms. The molecule has 2 aromatic heterocycles. The first-order chi connectivity index (χ1) is 16.5. The van der Waals surface area contributed by atoms with E-state index in [4.69, 9.17) is 4.74 Å². The number of hydrogen-bond donors (Lipinski definition) is 2. The van der Waals surface area contributed by atoms with Crippen LogP contribution in [0.2, 0.25) is 0 Å². The molecular weight excluding hydrogens is 470 g/mol. The van der Waals surface area contributed by atoms with Crippen molar-refractivity contribution in [1.82, 2.24) is 30.5 Å². The number of esters is 1. The molecule has 11 nitrogen and oxygen atoms in total. The van der Waals surface area contributed by atoms with Crippen molar-refractivity contribution in [2.45, 2.75) is 52.2 Å². The van der Waals surface area contributed by atoms with Crippen molar-refractivity contribution in [2.24, 2.45) is 13.0 Å². The van der Waals surface area contributed by atoms with E-state index in [0.717, 1.165) is 11.3 Å². The number of anilines is 1. The van der Waals surface area contributed by atoms with Crippen LogP contribution in [0.5, 0.6) is 0 Å². The van der Waals surface area contributed by atoms with Gasteiger partial charge in [-0.25, -0.2) is 9.78 Å². The summed E-state index contributed by atoms with van der Waals surface area (Å²) in [6, 6.07) is 6.89. The Labute approximate surface area is 206 Å². The van der Waals surface area contributed by atoms with E-state index in [9.17, 15) is 14.4 Å². The Morgan fingerprint density at radius 1 is 1.20 bits per heavy atom. The molecule has 0 radical (unpaired) electrons. The van der Waals surface area contributed by atoms with Crippen molar-refractivity contribution in [3.63, 3.8) is 0 Å². The highest BCUT2D eigenvalue weighted by Gasteiger charge is 2.36. The van der Waals surface area contributed by atoms with Gasteiger partial charge in [0.15, 0.2) is 5.13 Å². The number of aryl methyl sites for hydroxylation is 2. The van der Waals surface area contributed by atoms with Gasteiger partial charge in [0.05, 0.1) is 12.7 Å². The van der Waals surface area contributed by atoms with Gasteiger partial charge < -0.3 is 15.4 Å². The van der Waals surface area contributed by atoms with Gasteiger partial charge in [-0.1, -0.05) is 23.5 Å². The molecule has 1 fully saturated rings. The minimum absolute atomic E-state index is 0.105. The molecule has 2 amide bonds. The highest BCUT2D eigenvalue weighted by molar-refractivity contribution is 7.17. The van der Waals surface area contributed by atoms with Crippen LogP contribution >= 0.6 is 11.3 Å². The zero-order chi connectivity index (χ0) is 25.3. The van der Waals surface area contributed by atoms with Gasteiger partial charge in [-0.3, -0.25) is 9.59 Å². The quantitative estimate of drug-likeness (QED) is 0.495. The summed E-state index contributed by atoms with van der Waals surface area (Å²) >= 11 is 1.09. The van der Waals surface area contributed by atoms with Gasteiger partial charge in [0.2, 0.25) is 11.7 Å². The lowest BCUT2D eigenvalue weighted by Gasteiger charge is -2.34. The Kier molecular flexibility index (Phi) is 6.66. The van der Waals surface area contributed by atoms with E-state index in [1.807, 2.05) is 6.07 Å². The molecule has 1 aliphatic carbocycles. The minimum atomic E-state index is -0.615. The second kappa shape index (κ2) is 9.53. The van der Waals surface area contributed by atoms with E-state index in [2.05, 4.69) is 31.0 Å². The maximum Gasteiger partial charge on any atom is 0.350 e. The van der Waals surface area contributed by atoms with Crippen LogP contribution in [0.15, 0.2) is 24.3 Å². The first-order valence-corrected chi connectivity index (χ1v) is 12.0. The number of aromatic nitrogens is 5. The average molecular weight is 498 g/mol. The van der Waals surface area contributed by atoms with Crippen molar-refractivity contribution in [3.8, 4) is 11.4 Å². The molecule has 4 rings (SSSR count). The number of benzene rings is 1. The topological polar surface area (TPSA) is 141 Å². The molecule has 184 valence electrons. The van der Waals surface area contributed by atoms with Crippen LogP contribution in [0, 0.1) is 12.8 Å². The highest BCUT2D eigenvalue weighted by atomic mass is 32.1. The number of hydrogen-bond acceptors (Lipinski definition) is 9. The first kappa shape index (κ1) is 24.5. The summed E-state index contributed by atoms with van der Waals surface area (Å²) < 4.78 is 5.39. The van der Waals surface area contributed by atoms with Crippen molar-refractivity contribution < 1.29 is 19.1 Å². The predicted molar refractivity (Wildman–Crippen MR) is 129 cm³/mol. The molecule has 0 saturated heterocycles. The molecular formula is C23H27N7O4S. The summed E-state index contributed by atoms with van der Waals surface area (Å²) in [6.07, 6.45) is 1.04.